The highest BCUT2D eigenvalue weighted by Crippen LogP contribution is 2.41. The number of aromatic nitrogens is 13. The molecule has 268 valence electrons. The van der Waals surface area contributed by atoms with Gasteiger partial charge in [0.15, 0.2) is 11.3 Å². The minimum Gasteiger partial charge on any atom is -0.396 e. The maximum absolute atomic E-state index is 9.34. The predicted molar refractivity (Wildman–Crippen MR) is 184 cm³/mol. The van der Waals surface area contributed by atoms with Crippen molar-refractivity contribution in [2.45, 2.75) is 63.8 Å². The summed E-state index contributed by atoms with van der Waals surface area (Å²) in [5.74, 6) is 1.29. The molecular formula is C33H37N15O4. The first-order chi connectivity index (χ1) is 25.4. The third kappa shape index (κ3) is 8.00. The number of aldehydes is 1. The third-order valence-corrected chi connectivity index (χ3v) is 8.48. The minimum atomic E-state index is -0.117. The molecule has 2 aliphatic carbocycles. The van der Waals surface area contributed by atoms with Gasteiger partial charge in [-0.3, -0.25) is 9.36 Å². The van der Waals surface area contributed by atoms with Crippen LogP contribution in [-0.4, -0.2) is 93.0 Å². The van der Waals surface area contributed by atoms with E-state index in [-0.39, 0.29) is 19.8 Å². The largest absolute Gasteiger partial charge is 0.396 e. The number of nitrogens with two attached hydrogens (primary N) is 1. The summed E-state index contributed by atoms with van der Waals surface area (Å²) in [5, 5.41) is 43.8. The number of aliphatic hydroxyl groups is 2. The van der Waals surface area contributed by atoms with Gasteiger partial charge in [-0.15, -0.1) is 20.4 Å². The van der Waals surface area contributed by atoms with Gasteiger partial charge in [0, 0.05) is 24.8 Å². The Morgan fingerprint density at radius 1 is 0.731 bits per heavy atom. The molecule has 19 heteroatoms. The minimum absolute atomic E-state index is 0.108. The molecule has 19 nitrogen and oxygen atoms in total. The van der Waals surface area contributed by atoms with Gasteiger partial charge in [0.25, 0.3) is 0 Å². The summed E-state index contributed by atoms with van der Waals surface area (Å²) in [7, 11) is 0. The molecule has 7 aromatic heterocycles. The van der Waals surface area contributed by atoms with Crippen LogP contribution in [0.15, 0.2) is 62.0 Å². The van der Waals surface area contributed by atoms with E-state index < -0.39 is 0 Å². The fourth-order valence-electron chi connectivity index (χ4n) is 5.70. The SMILES string of the molecule is Nc1cc(C2CC2)cn2cc(Cn3cc(CO)nn3)nc12.O=CCNC=O.OCc1cn(Cc2cn3cc(C4CC4)cc(-n4cnnc4)c3n2)nn1. The van der Waals surface area contributed by atoms with Gasteiger partial charge in [-0.1, -0.05) is 10.4 Å². The lowest BCUT2D eigenvalue weighted by Crippen LogP contribution is -2.12. The Labute approximate surface area is 295 Å². The summed E-state index contributed by atoms with van der Waals surface area (Å²) < 4.78 is 9.26. The molecule has 0 saturated heterocycles. The Morgan fingerprint density at radius 3 is 1.75 bits per heavy atom. The number of imidazole rings is 2. The average molecular weight is 708 g/mol. The number of carbonyl (C=O) groups is 2. The van der Waals surface area contributed by atoms with Gasteiger partial charge < -0.3 is 34.9 Å². The van der Waals surface area contributed by atoms with Crippen LogP contribution in [0.5, 0.6) is 0 Å². The van der Waals surface area contributed by atoms with E-state index in [4.69, 9.17) is 20.9 Å². The van der Waals surface area contributed by atoms with Crippen molar-refractivity contribution in [1.29, 1.82) is 0 Å². The second-order valence-corrected chi connectivity index (χ2v) is 12.6. The van der Waals surface area contributed by atoms with Crippen LogP contribution >= 0.6 is 0 Å². The van der Waals surface area contributed by atoms with Crippen LogP contribution < -0.4 is 11.1 Å². The van der Waals surface area contributed by atoms with Gasteiger partial charge in [0.05, 0.1) is 68.0 Å². The summed E-state index contributed by atoms with van der Waals surface area (Å²) in [5.41, 5.74) is 14.8. The molecule has 9 rings (SSSR count). The number of hydrogen-bond donors (Lipinski definition) is 4. The third-order valence-electron chi connectivity index (χ3n) is 8.48. The number of fused-ring (bicyclic) bond motifs is 2. The van der Waals surface area contributed by atoms with Gasteiger partial charge >= 0.3 is 0 Å². The van der Waals surface area contributed by atoms with Crippen molar-refractivity contribution in [2.24, 2.45) is 0 Å². The van der Waals surface area contributed by atoms with Crippen LogP contribution in [0.4, 0.5) is 5.69 Å². The van der Waals surface area contributed by atoms with Crippen molar-refractivity contribution in [3.05, 3.63) is 95.9 Å². The average Bonchev–Trinajstić information content (AvgIpc) is 3.82. The summed E-state index contributed by atoms with van der Waals surface area (Å²) in [4.78, 5) is 27.9. The molecule has 7 aromatic rings. The molecule has 2 saturated carbocycles. The monoisotopic (exact) mass is 707 g/mol. The maximum atomic E-state index is 9.34. The van der Waals surface area contributed by atoms with E-state index in [2.05, 4.69) is 64.0 Å². The van der Waals surface area contributed by atoms with Crippen molar-refractivity contribution in [1.82, 2.24) is 68.8 Å². The molecule has 0 bridgehead atoms. The van der Waals surface area contributed by atoms with E-state index in [9.17, 15) is 9.59 Å². The second kappa shape index (κ2) is 15.3. The zero-order valence-electron chi connectivity index (χ0n) is 28.0. The highest BCUT2D eigenvalue weighted by atomic mass is 16.3. The maximum Gasteiger partial charge on any atom is 0.207 e. The lowest BCUT2D eigenvalue weighted by atomic mass is 10.2. The smallest absolute Gasteiger partial charge is 0.207 e. The van der Waals surface area contributed by atoms with Gasteiger partial charge in [-0.05, 0) is 60.8 Å². The van der Waals surface area contributed by atoms with Crippen LogP contribution in [0.2, 0.25) is 0 Å². The molecule has 0 aliphatic heterocycles. The highest BCUT2D eigenvalue weighted by molar-refractivity contribution is 5.66. The van der Waals surface area contributed by atoms with E-state index >= 15 is 0 Å². The van der Waals surface area contributed by atoms with Crippen molar-refractivity contribution < 1.29 is 19.8 Å². The lowest BCUT2D eigenvalue weighted by Gasteiger charge is -2.07. The second-order valence-electron chi connectivity index (χ2n) is 12.6. The van der Waals surface area contributed by atoms with Crippen molar-refractivity contribution in [3.8, 4) is 5.69 Å². The molecule has 0 spiro atoms. The summed E-state index contributed by atoms with van der Waals surface area (Å²) in [6.07, 6.45) is 21.1. The summed E-state index contributed by atoms with van der Waals surface area (Å²) in [6.45, 7) is 0.891. The fraction of sp³-hybridized carbons (Fsp3) is 0.333. The van der Waals surface area contributed by atoms with Gasteiger partial charge in [0.1, 0.15) is 30.3 Å². The van der Waals surface area contributed by atoms with Gasteiger partial charge in [0.2, 0.25) is 6.41 Å². The van der Waals surface area contributed by atoms with Crippen LogP contribution in [0.25, 0.3) is 17.0 Å². The quantitative estimate of drug-likeness (QED) is 0.102. The Hall–Kier alpha value is -6.34. The molecule has 0 unspecified atom stereocenters. The predicted octanol–water partition coefficient (Wildman–Crippen LogP) is 0.782. The Kier molecular flexibility index (Phi) is 10.0. The number of aliphatic hydroxyl groups excluding tert-OH is 2. The normalized spacial score (nSPS) is 13.7. The van der Waals surface area contributed by atoms with Crippen molar-refractivity contribution in [2.75, 3.05) is 12.3 Å². The van der Waals surface area contributed by atoms with Crippen molar-refractivity contribution in [3.63, 3.8) is 0 Å². The van der Waals surface area contributed by atoms with E-state index in [1.165, 1.54) is 36.8 Å². The van der Waals surface area contributed by atoms with E-state index in [0.29, 0.717) is 54.7 Å². The highest BCUT2D eigenvalue weighted by Gasteiger charge is 2.26. The van der Waals surface area contributed by atoms with Crippen LogP contribution in [0, 0.1) is 0 Å². The Morgan fingerprint density at radius 2 is 1.27 bits per heavy atom. The molecule has 0 atom stereocenters. The molecule has 52 heavy (non-hydrogen) atoms. The van der Waals surface area contributed by atoms with E-state index in [1.807, 2.05) is 27.4 Å². The first kappa shape index (κ1) is 34.1. The molecule has 5 N–H and O–H groups in total. The summed E-state index contributed by atoms with van der Waals surface area (Å²) in [6, 6.07) is 4.20. The standard InChI is InChI=1S/C16H16N8O.C14H16N6O.C3H5NO2/c25-8-14-7-24(21-20-14)6-13-5-22-4-12(11-1-2-11)3-15(16(22)19-13)23-9-17-18-10-23;15-13-3-10(9-1-2-9)4-19-5-11(16-14(13)19)6-20-7-12(8-21)17-18-20;5-2-1-4-3-6/h3-5,7,9-11,25H,1-2,6,8H2;3-5,7,9,21H,1-2,6,8,15H2;2-3H,1H2,(H,4,6). The molecule has 1 amide bonds. The molecule has 7 heterocycles. The molecular weight excluding hydrogens is 670 g/mol. The lowest BCUT2D eigenvalue weighted by molar-refractivity contribution is -0.113. The zero-order chi connectivity index (χ0) is 36.0. The Balaban J connectivity index is 0.000000142. The number of amides is 1. The number of hydrogen-bond acceptors (Lipinski definition) is 13. The number of carbonyl (C=O) groups excluding carboxylic acids is 2. The number of nitrogen functional groups attached to an aromatic ring is 1. The number of anilines is 1. The topological polar surface area (TPSA) is 239 Å². The number of pyridine rings is 2. The van der Waals surface area contributed by atoms with Gasteiger partial charge in [-0.25, -0.2) is 19.3 Å². The van der Waals surface area contributed by atoms with Crippen LogP contribution in [-0.2, 0) is 35.9 Å². The molecule has 0 aromatic carbocycles. The first-order valence-electron chi connectivity index (χ1n) is 16.7. The Bertz CT molecular complexity index is 2270. The van der Waals surface area contributed by atoms with Crippen molar-refractivity contribution >= 4 is 29.7 Å². The molecule has 2 aliphatic rings. The summed E-state index contributed by atoms with van der Waals surface area (Å²) >= 11 is 0. The first-order valence-corrected chi connectivity index (χ1v) is 16.7. The van der Waals surface area contributed by atoms with Crippen LogP contribution in [0.1, 0.15) is 71.4 Å². The molecule has 0 radical (unpaired) electrons. The number of nitrogens with zero attached hydrogens (tertiary/aromatic N) is 13. The van der Waals surface area contributed by atoms with E-state index in [0.717, 1.165) is 28.4 Å². The number of nitrogens with one attached hydrogen (secondary N) is 1. The molecule has 2 fully saturated rings. The zero-order valence-corrected chi connectivity index (χ0v) is 28.0. The van der Waals surface area contributed by atoms with Gasteiger partial charge in [-0.2, -0.15) is 0 Å². The van der Waals surface area contributed by atoms with Crippen LogP contribution in [0.3, 0.4) is 0 Å². The number of rotatable bonds is 12. The van der Waals surface area contributed by atoms with E-state index in [1.54, 1.807) is 34.4 Å². The fourth-order valence-corrected chi connectivity index (χ4v) is 5.70.